The molecule has 0 saturated carbocycles. The van der Waals surface area contributed by atoms with Crippen molar-refractivity contribution in [3.05, 3.63) is 35.1 Å². The van der Waals surface area contributed by atoms with E-state index in [1.165, 1.54) is 48.1 Å². The van der Waals surface area contributed by atoms with Crippen LogP contribution in [0.1, 0.15) is 67.2 Å². The molecule has 0 rings (SSSR count). The molecule has 1 nitrogen and oxygen atoms in total. The molecule has 0 fully saturated rings. The molecule has 0 N–H and O–H groups in total. The van der Waals surface area contributed by atoms with Gasteiger partial charge in [-0.05, 0) is 51.7 Å². The highest BCUT2D eigenvalue weighted by Crippen LogP contribution is 2.23. The molecule has 110 valence electrons. The van der Waals surface area contributed by atoms with E-state index >= 15 is 0 Å². The maximum Gasteiger partial charge on any atom is 0.0355 e. The van der Waals surface area contributed by atoms with Crippen molar-refractivity contribution >= 4 is 0 Å². The van der Waals surface area contributed by atoms with Gasteiger partial charge in [0, 0.05) is 18.8 Å². The Morgan fingerprint density at radius 1 is 0.947 bits per heavy atom. The first kappa shape index (κ1) is 18.0. The Kier molecular flexibility index (Phi) is 9.38. The van der Waals surface area contributed by atoms with Gasteiger partial charge in [0.1, 0.15) is 0 Å². The molecule has 0 radical (unpaired) electrons. The summed E-state index contributed by atoms with van der Waals surface area (Å²) in [6.07, 6.45) is 7.29. The van der Waals surface area contributed by atoms with Gasteiger partial charge in [-0.15, -0.1) is 0 Å². The highest BCUT2D eigenvalue weighted by molar-refractivity contribution is 5.40. The average Bonchev–Trinajstić information content (AvgIpc) is 2.40. The summed E-state index contributed by atoms with van der Waals surface area (Å²) in [5.74, 6) is 0. The number of hydrogen-bond acceptors (Lipinski definition) is 1. The minimum atomic E-state index is 1.16. The first-order valence-electron chi connectivity index (χ1n) is 7.74. The Morgan fingerprint density at radius 2 is 1.42 bits per heavy atom. The molecular weight excluding hydrogens is 230 g/mol. The summed E-state index contributed by atoms with van der Waals surface area (Å²) in [5.41, 5.74) is 5.26. The van der Waals surface area contributed by atoms with Gasteiger partial charge in [0.25, 0.3) is 0 Å². The van der Waals surface area contributed by atoms with Gasteiger partial charge >= 0.3 is 0 Å². The quantitative estimate of drug-likeness (QED) is 0.482. The van der Waals surface area contributed by atoms with Crippen molar-refractivity contribution in [2.24, 2.45) is 0 Å². The number of unbranched alkanes of at least 4 members (excludes halogenated alkanes) is 2. The van der Waals surface area contributed by atoms with Crippen LogP contribution in [-0.2, 0) is 0 Å². The molecule has 0 aliphatic carbocycles. The summed E-state index contributed by atoms with van der Waals surface area (Å²) in [5, 5.41) is 0. The third kappa shape index (κ3) is 6.13. The van der Waals surface area contributed by atoms with Crippen LogP contribution in [0.15, 0.2) is 35.1 Å². The molecule has 0 bridgehead atoms. The Hall–Kier alpha value is -0.980. The van der Waals surface area contributed by atoms with Crippen LogP contribution in [-0.4, -0.2) is 18.0 Å². The Morgan fingerprint density at radius 3 is 1.74 bits per heavy atom. The molecular formula is C18H33N. The smallest absolute Gasteiger partial charge is 0.0355 e. The summed E-state index contributed by atoms with van der Waals surface area (Å²) in [7, 11) is 0. The molecule has 0 aromatic heterocycles. The van der Waals surface area contributed by atoms with Gasteiger partial charge in [0.05, 0.1) is 0 Å². The van der Waals surface area contributed by atoms with Crippen LogP contribution < -0.4 is 0 Å². The molecule has 0 spiro atoms. The zero-order valence-corrected chi connectivity index (χ0v) is 14.0. The normalized spacial score (nSPS) is 13.3. The average molecular weight is 263 g/mol. The number of nitrogens with zero attached hydrogens (tertiary/aromatic N) is 1. The minimum Gasteiger partial charge on any atom is -0.372 e. The van der Waals surface area contributed by atoms with Crippen molar-refractivity contribution in [2.75, 3.05) is 13.1 Å². The highest BCUT2D eigenvalue weighted by Gasteiger charge is 2.12. The lowest BCUT2D eigenvalue weighted by molar-refractivity contribution is 0.335. The summed E-state index contributed by atoms with van der Waals surface area (Å²) < 4.78 is 0. The summed E-state index contributed by atoms with van der Waals surface area (Å²) >= 11 is 0. The van der Waals surface area contributed by atoms with E-state index in [9.17, 15) is 0 Å². The number of allylic oxidation sites excluding steroid dienone is 4. The van der Waals surface area contributed by atoms with Gasteiger partial charge in [-0.3, -0.25) is 0 Å². The van der Waals surface area contributed by atoms with Gasteiger partial charge in [-0.25, -0.2) is 0 Å². The van der Waals surface area contributed by atoms with E-state index in [0.717, 1.165) is 13.1 Å². The fourth-order valence-corrected chi connectivity index (χ4v) is 2.20. The highest BCUT2D eigenvalue weighted by atomic mass is 15.1. The molecule has 0 unspecified atom stereocenters. The zero-order chi connectivity index (χ0) is 14.8. The number of hydrogen-bond donors (Lipinski definition) is 0. The van der Waals surface area contributed by atoms with Crippen LogP contribution in [0, 0.1) is 0 Å². The molecule has 0 saturated heterocycles. The zero-order valence-electron chi connectivity index (χ0n) is 14.0. The fourth-order valence-electron chi connectivity index (χ4n) is 2.20. The van der Waals surface area contributed by atoms with Crippen LogP contribution in [0.3, 0.4) is 0 Å². The van der Waals surface area contributed by atoms with Crippen molar-refractivity contribution in [3.8, 4) is 0 Å². The van der Waals surface area contributed by atoms with E-state index in [4.69, 9.17) is 0 Å². The van der Waals surface area contributed by atoms with Crippen molar-refractivity contribution in [1.29, 1.82) is 0 Å². The third-order valence-electron chi connectivity index (χ3n) is 3.76. The Bertz CT molecular complexity index is 326. The first-order valence-corrected chi connectivity index (χ1v) is 7.74. The lowest BCUT2D eigenvalue weighted by atomic mass is 10.0. The second kappa shape index (κ2) is 9.89. The molecule has 1 heteroatoms. The molecule has 0 aliphatic heterocycles. The minimum absolute atomic E-state index is 1.16. The Balaban J connectivity index is 5.13. The van der Waals surface area contributed by atoms with Crippen LogP contribution >= 0.6 is 0 Å². The molecule has 0 amide bonds. The van der Waals surface area contributed by atoms with Crippen molar-refractivity contribution in [3.63, 3.8) is 0 Å². The van der Waals surface area contributed by atoms with Crippen LogP contribution in [0.2, 0.25) is 0 Å². The molecule has 0 aromatic carbocycles. The standard InChI is InChI=1S/C18H33N/c1-8-11-13-19(14-12-9-2)18(10-3)17(7)16(6)15(4)5/h10H,4,8-9,11-14H2,1-3,5-7H3/b17-16+,18-10-. The van der Waals surface area contributed by atoms with E-state index < -0.39 is 0 Å². The topological polar surface area (TPSA) is 3.24 Å². The summed E-state index contributed by atoms with van der Waals surface area (Å²) in [6.45, 7) is 19.6. The van der Waals surface area contributed by atoms with Crippen molar-refractivity contribution in [2.45, 2.75) is 67.2 Å². The lowest BCUT2D eigenvalue weighted by Crippen LogP contribution is -2.26. The third-order valence-corrected chi connectivity index (χ3v) is 3.76. The molecule has 0 aliphatic rings. The maximum absolute atomic E-state index is 4.07. The summed E-state index contributed by atoms with van der Waals surface area (Å²) in [4.78, 5) is 2.55. The van der Waals surface area contributed by atoms with E-state index in [-0.39, 0.29) is 0 Å². The van der Waals surface area contributed by atoms with Gasteiger partial charge in [-0.1, -0.05) is 44.9 Å². The second-order valence-corrected chi connectivity index (χ2v) is 5.40. The van der Waals surface area contributed by atoms with Crippen LogP contribution in [0.5, 0.6) is 0 Å². The monoisotopic (exact) mass is 263 g/mol. The van der Waals surface area contributed by atoms with E-state index in [1.807, 2.05) is 0 Å². The van der Waals surface area contributed by atoms with Crippen molar-refractivity contribution < 1.29 is 0 Å². The molecule has 0 heterocycles. The summed E-state index contributed by atoms with van der Waals surface area (Å²) in [6, 6.07) is 0. The van der Waals surface area contributed by atoms with Gasteiger partial charge < -0.3 is 4.90 Å². The first-order chi connectivity index (χ1) is 8.99. The molecule has 0 aromatic rings. The predicted molar refractivity (Wildman–Crippen MR) is 88.3 cm³/mol. The van der Waals surface area contributed by atoms with Gasteiger partial charge in [-0.2, -0.15) is 0 Å². The largest absolute Gasteiger partial charge is 0.372 e. The van der Waals surface area contributed by atoms with E-state index in [0.29, 0.717) is 0 Å². The van der Waals surface area contributed by atoms with Crippen LogP contribution in [0.4, 0.5) is 0 Å². The predicted octanol–water partition coefficient (Wildman–Crippen LogP) is 5.70. The lowest BCUT2D eigenvalue weighted by Gasteiger charge is -2.29. The SMILES string of the molecule is C=C(C)/C(C)=C(C)/C(=C/C)N(CCCC)CCCC. The molecule has 19 heavy (non-hydrogen) atoms. The number of rotatable bonds is 9. The van der Waals surface area contributed by atoms with Crippen molar-refractivity contribution in [1.82, 2.24) is 4.90 Å². The Labute approximate surface area is 121 Å². The van der Waals surface area contributed by atoms with E-state index in [2.05, 4.69) is 59.1 Å². The van der Waals surface area contributed by atoms with Gasteiger partial charge in [0.2, 0.25) is 0 Å². The second-order valence-electron chi connectivity index (χ2n) is 5.40. The fraction of sp³-hybridized carbons (Fsp3) is 0.667. The van der Waals surface area contributed by atoms with Gasteiger partial charge in [0.15, 0.2) is 0 Å². The maximum atomic E-state index is 4.07. The van der Waals surface area contributed by atoms with E-state index in [1.54, 1.807) is 0 Å². The van der Waals surface area contributed by atoms with Crippen LogP contribution in [0.25, 0.3) is 0 Å². The molecule has 0 atom stereocenters.